The highest BCUT2D eigenvalue weighted by Crippen LogP contribution is 2.27. The molecule has 3 heteroatoms. The second-order valence-electron chi connectivity index (χ2n) is 6.72. The summed E-state index contributed by atoms with van der Waals surface area (Å²) in [5.41, 5.74) is 0. The number of rotatable bonds is 5. The van der Waals surface area contributed by atoms with Crippen molar-refractivity contribution in [1.82, 2.24) is 10.2 Å². The fraction of sp³-hybridized carbons (Fsp3) is 1.00. The summed E-state index contributed by atoms with van der Waals surface area (Å²) in [6.45, 7) is 5.98. The van der Waals surface area contributed by atoms with Crippen LogP contribution in [0.1, 0.15) is 51.4 Å². The summed E-state index contributed by atoms with van der Waals surface area (Å²) < 4.78 is 5.88. The Kier molecular flexibility index (Phi) is 5.14. The number of ether oxygens (including phenoxy) is 1. The molecular formula is C16H30N2O. The Bertz CT molecular complexity index is 253. The van der Waals surface area contributed by atoms with E-state index in [1.807, 2.05) is 0 Å². The van der Waals surface area contributed by atoms with E-state index in [0.717, 1.165) is 18.6 Å². The highest BCUT2D eigenvalue weighted by Gasteiger charge is 2.28. The molecule has 1 N–H and O–H groups in total. The van der Waals surface area contributed by atoms with E-state index in [-0.39, 0.29) is 0 Å². The number of nitrogens with one attached hydrogen (secondary N) is 1. The van der Waals surface area contributed by atoms with Crippen LogP contribution in [-0.2, 0) is 4.74 Å². The van der Waals surface area contributed by atoms with Crippen molar-refractivity contribution in [3.8, 4) is 0 Å². The van der Waals surface area contributed by atoms with E-state index < -0.39 is 0 Å². The van der Waals surface area contributed by atoms with Crippen molar-refractivity contribution in [2.75, 3.05) is 32.8 Å². The SMILES string of the molecule is C1COC(CN(CC2CCNCC2)C2CCCC2)C1. The predicted octanol–water partition coefficient (Wildman–Crippen LogP) is 2.41. The monoisotopic (exact) mass is 266 g/mol. The number of piperidine rings is 1. The number of nitrogens with zero attached hydrogens (tertiary/aromatic N) is 1. The maximum atomic E-state index is 5.88. The lowest BCUT2D eigenvalue weighted by molar-refractivity contribution is 0.0477. The first-order valence-electron chi connectivity index (χ1n) is 8.48. The fourth-order valence-corrected chi connectivity index (χ4v) is 4.09. The van der Waals surface area contributed by atoms with Gasteiger partial charge in [0.2, 0.25) is 0 Å². The minimum atomic E-state index is 0.530. The second-order valence-corrected chi connectivity index (χ2v) is 6.72. The topological polar surface area (TPSA) is 24.5 Å². The molecule has 1 atom stereocenters. The van der Waals surface area contributed by atoms with E-state index >= 15 is 0 Å². The first kappa shape index (κ1) is 13.8. The summed E-state index contributed by atoms with van der Waals surface area (Å²) in [4.78, 5) is 2.80. The maximum absolute atomic E-state index is 5.88. The molecule has 19 heavy (non-hydrogen) atoms. The molecule has 0 amide bonds. The van der Waals surface area contributed by atoms with Crippen molar-refractivity contribution in [1.29, 1.82) is 0 Å². The molecule has 1 saturated carbocycles. The average Bonchev–Trinajstić information content (AvgIpc) is 3.12. The average molecular weight is 266 g/mol. The Labute approximate surface area is 118 Å². The highest BCUT2D eigenvalue weighted by molar-refractivity contribution is 4.83. The lowest BCUT2D eigenvalue weighted by atomic mass is 9.96. The Morgan fingerprint density at radius 1 is 0.895 bits per heavy atom. The second kappa shape index (κ2) is 7.05. The van der Waals surface area contributed by atoms with Crippen molar-refractivity contribution in [3.63, 3.8) is 0 Å². The predicted molar refractivity (Wildman–Crippen MR) is 78.4 cm³/mol. The first-order valence-corrected chi connectivity index (χ1v) is 8.48. The first-order chi connectivity index (χ1) is 9.42. The van der Waals surface area contributed by atoms with Crippen molar-refractivity contribution in [3.05, 3.63) is 0 Å². The lowest BCUT2D eigenvalue weighted by Gasteiger charge is -2.35. The standard InChI is InChI=1S/C16H30N2O/c1-2-5-15(4-1)18(13-16-6-3-11-19-16)12-14-7-9-17-10-8-14/h14-17H,1-13H2. The molecule has 2 aliphatic heterocycles. The van der Waals surface area contributed by atoms with Gasteiger partial charge >= 0.3 is 0 Å². The van der Waals surface area contributed by atoms with Crippen LogP contribution in [0.15, 0.2) is 0 Å². The van der Waals surface area contributed by atoms with Gasteiger partial charge in [-0.05, 0) is 57.5 Å². The van der Waals surface area contributed by atoms with Gasteiger partial charge in [0.25, 0.3) is 0 Å². The quantitative estimate of drug-likeness (QED) is 0.827. The Balaban J connectivity index is 1.54. The third-order valence-corrected chi connectivity index (χ3v) is 5.25. The molecule has 1 unspecified atom stereocenters. The maximum Gasteiger partial charge on any atom is 0.0702 e. The fourth-order valence-electron chi connectivity index (χ4n) is 4.09. The van der Waals surface area contributed by atoms with Gasteiger partial charge in [0.05, 0.1) is 6.10 Å². The van der Waals surface area contributed by atoms with Gasteiger partial charge in [-0.15, -0.1) is 0 Å². The molecule has 3 fully saturated rings. The van der Waals surface area contributed by atoms with Crippen LogP contribution in [0.3, 0.4) is 0 Å². The van der Waals surface area contributed by atoms with Gasteiger partial charge < -0.3 is 10.1 Å². The third kappa shape index (κ3) is 3.93. The minimum absolute atomic E-state index is 0.530. The van der Waals surface area contributed by atoms with E-state index in [0.29, 0.717) is 6.10 Å². The normalized spacial score (nSPS) is 30.5. The zero-order chi connectivity index (χ0) is 12.9. The number of hydrogen-bond donors (Lipinski definition) is 1. The summed E-state index contributed by atoms with van der Waals surface area (Å²) in [5.74, 6) is 0.920. The molecule has 0 aromatic carbocycles. The van der Waals surface area contributed by atoms with E-state index in [1.165, 1.54) is 77.5 Å². The molecule has 2 saturated heterocycles. The molecule has 0 radical (unpaired) electrons. The molecule has 1 aliphatic carbocycles. The molecule has 3 aliphatic rings. The van der Waals surface area contributed by atoms with Crippen molar-refractivity contribution >= 4 is 0 Å². The van der Waals surface area contributed by atoms with Gasteiger partial charge in [0, 0.05) is 25.7 Å². The summed E-state index contributed by atoms with van der Waals surface area (Å²) in [7, 11) is 0. The smallest absolute Gasteiger partial charge is 0.0702 e. The van der Waals surface area contributed by atoms with Gasteiger partial charge in [-0.25, -0.2) is 0 Å². The zero-order valence-corrected chi connectivity index (χ0v) is 12.3. The molecule has 0 spiro atoms. The zero-order valence-electron chi connectivity index (χ0n) is 12.3. The van der Waals surface area contributed by atoms with Crippen molar-refractivity contribution < 1.29 is 4.74 Å². The van der Waals surface area contributed by atoms with Crippen LogP contribution in [-0.4, -0.2) is 49.8 Å². The van der Waals surface area contributed by atoms with Crippen LogP contribution in [0.5, 0.6) is 0 Å². The molecule has 3 rings (SSSR count). The van der Waals surface area contributed by atoms with E-state index in [1.54, 1.807) is 0 Å². The van der Waals surface area contributed by atoms with Gasteiger partial charge in [-0.1, -0.05) is 12.8 Å². The van der Waals surface area contributed by atoms with E-state index in [4.69, 9.17) is 4.74 Å². The van der Waals surface area contributed by atoms with E-state index in [9.17, 15) is 0 Å². The van der Waals surface area contributed by atoms with Crippen molar-refractivity contribution in [2.24, 2.45) is 5.92 Å². The minimum Gasteiger partial charge on any atom is -0.377 e. The van der Waals surface area contributed by atoms with Gasteiger partial charge in [0.1, 0.15) is 0 Å². The largest absolute Gasteiger partial charge is 0.377 e. The molecular weight excluding hydrogens is 236 g/mol. The van der Waals surface area contributed by atoms with Gasteiger partial charge in [-0.2, -0.15) is 0 Å². The summed E-state index contributed by atoms with van der Waals surface area (Å²) >= 11 is 0. The lowest BCUT2D eigenvalue weighted by Crippen LogP contribution is -2.44. The Morgan fingerprint density at radius 2 is 1.68 bits per heavy atom. The van der Waals surface area contributed by atoms with Gasteiger partial charge in [-0.3, -0.25) is 4.90 Å². The molecule has 0 aromatic heterocycles. The van der Waals surface area contributed by atoms with Crippen LogP contribution >= 0.6 is 0 Å². The summed E-state index contributed by atoms with van der Waals surface area (Å²) in [6, 6.07) is 0.860. The Hall–Kier alpha value is -0.120. The summed E-state index contributed by atoms with van der Waals surface area (Å²) in [5, 5.41) is 3.49. The molecule has 0 bridgehead atoms. The molecule has 2 heterocycles. The molecule has 110 valence electrons. The van der Waals surface area contributed by atoms with Gasteiger partial charge in [0.15, 0.2) is 0 Å². The van der Waals surface area contributed by atoms with Crippen LogP contribution in [0.4, 0.5) is 0 Å². The van der Waals surface area contributed by atoms with Crippen LogP contribution in [0.2, 0.25) is 0 Å². The van der Waals surface area contributed by atoms with Crippen LogP contribution in [0.25, 0.3) is 0 Å². The summed E-state index contributed by atoms with van der Waals surface area (Å²) in [6.07, 6.45) is 11.6. The van der Waals surface area contributed by atoms with E-state index in [2.05, 4.69) is 10.2 Å². The third-order valence-electron chi connectivity index (χ3n) is 5.25. The highest BCUT2D eigenvalue weighted by atomic mass is 16.5. The molecule has 3 nitrogen and oxygen atoms in total. The Morgan fingerprint density at radius 3 is 2.37 bits per heavy atom. The number of hydrogen-bond acceptors (Lipinski definition) is 3. The molecule has 0 aromatic rings. The van der Waals surface area contributed by atoms with Crippen LogP contribution in [0, 0.1) is 5.92 Å². The van der Waals surface area contributed by atoms with Crippen molar-refractivity contribution in [2.45, 2.75) is 63.5 Å². The van der Waals surface area contributed by atoms with Crippen LogP contribution < -0.4 is 5.32 Å².